The molecule has 4 aromatic carbocycles. The molecule has 0 fully saturated rings. The molecule has 1 aliphatic rings. The van der Waals surface area contributed by atoms with E-state index < -0.39 is 0 Å². The molecule has 0 saturated heterocycles. The van der Waals surface area contributed by atoms with Crippen LogP contribution in [0.1, 0.15) is 5.56 Å². The van der Waals surface area contributed by atoms with Crippen molar-refractivity contribution in [3.05, 3.63) is 84.4 Å². The SMILES string of the molecule is Cc1ccccc1-c1ccc2cccc3c2c1-c1ccccc1-3. The van der Waals surface area contributed by atoms with Crippen LogP contribution in [0.2, 0.25) is 0 Å². The molecule has 0 heteroatoms. The Bertz CT molecular complexity index is 1070. The fourth-order valence-corrected chi connectivity index (χ4v) is 3.92. The van der Waals surface area contributed by atoms with Crippen molar-refractivity contribution < 1.29 is 0 Å². The lowest BCUT2D eigenvalue weighted by Gasteiger charge is -2.12. The van der Waals surface area contributed by atoms with E-state index in [2.05, 4.69) is 85.8 Å². The van der Waals surface area contributed by atoms with Gasteiger partial charge >= 0.3 is 0 Å². The van der Waals surface area contributed by atoms with E-state index in [1.165, 1.54) is 49.7 Å². The maximum absolute atomic E-state index is 2.28. The first-order chi connectivity index (χ1) is 11.3. The summed E-state index contributed by atoms with van der Waals surface area (Å²) in [5, 5.41) is 2.72. The second kappa shape index (κ2) is 4.57. The molecule has 0 saturated carbocycles. The van der Waals surface area contributed by atoms with E-state index in [1.54, 1.807) is 0 Å². The van der Waals surface area contributed by atoms with Crippen molar-refractivity contribution in [3.63, 3.8) is 0 Å². The minimum Gasteiger partial charge on any atom is -0.0620 e. The van der Waals surface area contributed by atoms with Crippen LogP contribution in [-0.2, 0) is 0 Å². The van der Waals surface area contributed by atoms with Crippen molar-refractivity contribution in [2.75, 3.05) is 0 Å². The molecule has 0 N–H and O–H groups in total. The summed E-state index contributed by atoms with van der Waals surface area (Å²) in [6, 6.07) is 28.6. The third-order valence-corrected chi connectivity index (χ3v) is 4.97. The predicted molar refractivity (Wildman–Crippen MR) is 98.6 cm³/mol. The van der Waals surface area contributed by atoms with Gasteiger partial charge in [0.15, 0.2) is 0 Å². The van der Waals surface area contributed by atoms with Gasteiger partial charge in [-0.1, -0.05) is 78.9 Å². The maximum Gasteiger partial charge on any atom is -0.00142 e. The predicted octanol–water partition coefficient (Wildman–Crippen LogP) is 6.46. The van der Waals surface area contributed by atoms with E-state index in [9.17, 15) is 0 Å². The van der Waals surface area contributed by atoms with Crippen molar-refractivity contribution in [2.24, 2.45) is 0 Å². The molecule has 0 heterocycles. The second-order valence-corrected chi connectivity index (χ2v) is 6.25. The van der Waals surface area contributed by atoms with Crippen LogP contribution in [0.15, 0.2) is 78.9 Å². The van der Waals surface area contributed by atoms with E-state index in [4.69, 9.17) is 0 Å². The Labute approximate surface area is 136 Å². The standard InChI is InChI=1S/C23H16/c1-15-7-2-3-9-17(15)21-14-13-16-8-6-12-19-18-10-4-5-11-20(18)23(21)22(16)19/h2-14H,1H3. The molecule has 0 aliphatic heterocycles. The lowest BCUT2D eigenvalue weighted by atomic mass is 9.91. The minimum absolute atomic E-state index is 1.32. The molecule has 0 radical (unpaired) electrons. The van der Waals surface area contributed by atoms with E-state index in [-0.39, 0.29) is 0 Å². The van der Waals surface area contributed by atoms with Gasteiger partial charge in [0.2, 0.25) is 0 Å². The van der Waals surface area contributed by atoms with Crippen LogP contribution in [0.3, 0.4) is 0 Å². The van der Waals surface area contributed by atoms with E-state index >= 15 is 0 Å². The van der Waals surface area contributed by atoms with Crippen molar-refractivity contribution in [1.82, 2.24) is 0 Å². The molecular formula is C23H16. The van der Waals surface area contributed by atoms with Gasteiger partial charge in [-0.15, -0.1) is 0 Å². The Morgan fingerprint density at radius 2 is 1.17 bits per heavy atom. The quantitative estimate of drug-likeness (QED) is 0.332. The molecule has 0 amide bonds. The third kappa shape index (κ3) is 1.66. The number of hydrogen-bond acceptors (Lipinski definition) is 0. The van der Waals surface area contributed by atoms with Gasteiger partial charge in [-0.05, 0) is 56.6 Å². The number of benzene rings is 4. The Balaban J connectivity index is 1.98. The molecule has 108 valence electrons. The molecule has 0 spiro atoms. The zero-order valence-electron chi connectivity index (χ0n) is 13.0. The molecule has 4 aromatic rings. The topological polar surface area (TPSA) is 0 Å². The zero-order chi connectivity index (χ0) is 15.4. The average Bonchev–Trinajstić information content (AvgIpc) is 2.93. The van der Waals surface area contributed by atoms with Crippen molar-refractivity contribution in [1.29, 1.82) is 0 Å². The summed E-state index contributed by atoms with van der Waals surface area (Å²) in [7, 11) is 0. The van der Waals surface area contributed by atoms with E-state index in [0.29, 0.717) is 0 Å². The van der Waals surface area contributed by atoms with E-state index in [0.717, 1.165) is 0 Å². The van der Waals surface area contributed by atoms with Gasteiger partial charge in [-0.25, -0.2) is 0 Å². The number of rotatable bonds is 1. The Kier molecular flexibility index (Phi) is 2.51. The van der Waals surface area contributed by atoms with Crippen LogP contribution in [0.5, 0.6) is 0 Å². The third-order valence-electron chi connectivity index (χ3n) is 4.97. The zero-order valence-corrected chi connectivity index (χ0v) is 13.0. The van der Waals surface area contributed by atoms with Crippen LogP contribution in [-0.4, -0.2) is 0 Å². The molecule has 0 unspecified atom stereocenters. The molecule has 0 atom stereocenters. The highest BCUT2D eigenvalue weighted by Gasteiger charge is 2.24. The van der Waals surface area contributed by atoms with Gasteiger partial charge in [-0.3, -0.25) is 0 Å². The van der Waals surface area contributed by atoms with Crippen LogP contribution >= 0.6 is 0 Å². The lowest BCUT2D eigenvalue weighted by Crippen LogP contribution is -1.87. The summed E-state index contributed by atoms with van der Waals surface area (Å²) in [4.78, 5) is 0. The van der Waals surface area contributed by atoms with Gasteiger partial charge in [0, 0.05) is 0 Å². The smallest absolute Gasteiger partial charge is 0.00142 e. The van der Waals surface area contributed by atoms with Crippen molar-refractivity contribution in [2.45, 2.75) is 6.92 Å². The van der Waals surface area contributed by atoms with Gasteiger partial charge in [-0.2, -0.15) is 0 Å². The largest absolute Gasteiger partial charge is 0.0620 e. The summed E-state index contributed by atoms with van der Waals surface area (Å²) in [6.45, 7) is 2.19. The first kappa shape index (κ1) is 12.7. The summed E-state index contributed by atoms with van der Waals surface area (Å²) in [6.07, 6.45) is 0. The number of aryl methyl sites for hydroxylation is 1. The average molecular weight is 292 g/mol. The Morgan fingerprint density at radius 1 is 0.478 bits per heavy atom. The first-order valence-electron chi connectivity index (χ1n) is 8.06. The molecule has 0 bridgehead atoms. The minimum atomic E-state index is 1.32. The van der Waals surface area contributed by atoms with E-state index in [1.807, 2.05) is 0 Å². The summed E-state index contributed by atoms with van der Waals surface area (Å²) >= 11 is 0. The Hall–Kier alpha value is -2.86. The van der Waals surface area contributed by atoms with Gasteiger partial charge in [0.05, 0.1) is 0 Å². The van der Waals surface area contributed by atoms with Crippen molar-refractivity contribution >= 4 is 10.8 Å². The van der Waals surface area contributed by atoms with Crippen LogP contribution in [0, 0.1) is 6.92 Å². The highest BCUT2D eigenvalue weighted by atomic mass is 14.3. The summed E-state index contributed by atoms with van der Waals surface area (Å²) in [5.41, 5.74) is 9.46. The first-order valence-corrected chi connectivity index (χ1v) is 8.06. The maximum atomic E-state index is 2.28. The number of fused-ring (bicyclic) bond motifs is 3. The molecule has 1 aliphatic carbocycles. The Morgan fingerprint density at radius 3 is 2.00 bits per heavy atom. The molecule has 0 nitrogen and oxygen atoms in total. The summed E-state index contributed by atoms with van der Waals surface area (Å²) in [5.74, 6) is 0. The normalized spacial score (nSPS) is 11.7. The van der Waals surface area contributed by atoms with Crippen molar-refractivity contribution in [3.8, 4) is 33.4 Å². The van der Waals surface area contributed by atoms with Crippen LogP contribution in [0.4, 0.5) is 0 Å². The highest BCUT2D eigenvalue weighted by molar-refractivity contribution is 6.19. The number of hydrogen-bond donors (Lipinski definition) is 0. The van der Waals surface area contributed by atoms with Gasteiger partial charge in [0.25, 0.3) is 0 Å². The fourth-order valence-electron chi connectivity index (χ4n) is 3.92. The second-order valence-electron chi connectivity index (χ2n) is 6.25. The van der Waals surface area contributed by atoms with Gasteiger partial charge in [0.1, 0.15) is 0 Å². The molecular weight excluding hydrogens is 276 g/mol. The lowest BCUT2D eigenvalue weighted by molar-refractivity contribution is 1.46. The van der Waals surface area contributed by atoms with Crippen LogP contribution < -0.4 is 0 Å². The summed E-state index contributed by atoms with van der Waals surface area (Å²) < 4.78 is 0. The monoisotopic (exact) mass is 292 g/mol. The fraction of sp³-hybridized carbons (Fsp3) is 0.0435. The molecule has 23 heavy (non-hydrogen) atoms. The molecule has 5 rings (SSSR count). The van der Waals surface area contributed by atoms with Gasteiger partial charge < -0.3 is 0 Å². The highest BCUT2D eigenvalue weighted by Crippen LogP contribution is 2.51. The van der Waals surface area contributed by atoms with Crippen LogP contribution in [0.25, 0.3) is 44.2 Å². The molecule has 0 aromatic heterocycles.